The van der Waals surface area contributed by atoms with Gasteiger partial charge in [-0.25, -0.2) is 13.6 Å². The lowest BCUT2D eigenvalue weighted by Gasteiger charge is -2.17. The second kappa shape index (κ2) is 10.5. The van der Waals surface area contributed by atoms with Crippen molar-refractivity contribution < 1.29 is 37.6 Å². The van der Waals surface area contributed by atoms with Crippen molar-refractivity contribution in [2.24, 2.45) is 0 Å². The standard InChI is InChI=1S/C30H26F2N2O6/c1-3-12-34-21-13-20(31)24(18-8-4-16(5-9-18)17-6-10-19(11-7-17)29(36)37-2)25(32)26(21)33-30(34)40-23-15-39-27-22(35)14-38-28(23)27/h3-11,13,22-23,27-28,35H,1,12,14-15H2,2H3/t22-,23-,27?,28?/m0/s1. The Kier molecular flexibility index (Phi) is 6.83. The molecule has 0 amide bonds. The molecule has 0 spiro atoms. The summed E-state index contributed by atoms with van der Waals surface area (Å²) >= 11 is 0. The van der Waals surface area contributed by atoms with Crippen LogP contribution < -0.4 is 4.74 Å². The van der Waals surface area contributed by atoms with Gasteiger partial charge in [-0.15, -0.1) is 6.58 Å². The topological polar surface area (TPSA) is 92.0 Å². The number of ether oxygens (including phenoxy) is 4. The first-order chi connectivity index (χ1) is 19.4. The third-order valence-electron chi connectivity index (χ3n) is 7.26. The number of aliphatic hydroxyl groups excluding tert-OH is 1. The number of hydrogen-bond acceptors (Lipinski definition) is 7. The van der Waals surface area contributed by atoms with Gasteiger partial charge < -0.3 is 24.1 Å². The Labute approximate surface area is 228 Å². The fraction of sp³-hybridized carbons (Fsp3) is 0.267. The molecular formula is C30H26F2N2O6. The highest BCUT2D eigenvalue weighted by Crippen LogP contribution is 2.36. The van der Waals surface area contributed by atoms with Gasteiger partial charge in [0.25, 0.3) is 6.01 Å². The molecule has 1 aromatic heterocycles. The van der Waals surface area contributed by atoms with E-state index in [1.807, 2.05) is 0 Å². The molecule has 0 bridgehead atoms. The number of rotatable bonds is 7. The second-order valence-corrected chi connectivity index (χ2v) is 9.67. The molecule has 1 N–H and O–H groups in total. The molecule has 3 heterocycles. The molecule has 2 aliphatic rings. The molecule has 4 atom stereocenters. The predicted molar refractivity (Wildman–Crippen MR) is 142 cm³/mol. The summed E-state index contributed by atoms with van der Waals surface area (Å²) in [7, 11) is 1.32. The van der Waals surface area contributed by atoms with Crippen LogP contribution in [0.5, 0.6) is 6.01 Å². The lowest BCUT2D eigenvalue weighted by molar-refractivity contribution is 0.00622. The van der Waals surface area contributed by atoms with Crippen molar-refractivity contribution in [3.63, 3.8) is 0 Å². The molecule has 2 saturated heterocycles. The van der Waals surface area contributed by atoms with Crippen molar-refractivity contribution in [2.45, 2.75) is 31.0 Å². The van der Waals surface area contributed by atoms with E-state index in [9.17, 15) is 9.90 Å². The number of allylic oxidation sites excluding steroid dienone is 1. The quantitative estimate of drug-likeness (QED) is 0.268. The smallest absolute Gasteiger partial charge is 0.337 e. The van der Waals surface area contributed by atoms with E-state index in [0.29, 0.717) is 11.1 Å². The summed E-state index contributed by atoms with van der Waals surface area (Å²) in [5, 5.41) is 10.0. The van der Waals surface area contributed by atoms with Crippen LogP contribution in [-0.4, -0.2) is 65.4 Å². The van der Waals surface area contributed by atoms with E-state index in [4.69, 9.17) is 18.9 Å². The molecule has 40 heavy (non-hydrogen) atoms. The van der Waals surface area contributed by atoms with Gasteiger partial charge in [0.15, 0.2) is 11.9 Å². The number of fused-ring (bicyclic) bond motifs is 2. The largest absolute Gasteiger partial charge is 0.465 e. The van der Waals surface area contributed by atoms with Gasteiger partial charge in [-0.1, -0.05) is 42.5 Å². The number of carbonyl (C=O) groups excluding carboxylic acids is 1. The minimum atomic E-state index is -0.814. The Hall–Kier alpha value is -4.12. The van der Waals surface area contributed by atoms with Gasteiger partial charge in [0.1, 0.15) is 29.6 Å². The van der Waals surface area contributed by atoms with Gasteiger partial charge >= 0.3 is 5.97 Å². The fourth-order valence-electron chi connectivity index (χ4n) is 5.25. The van der Waals surface area contributed by atoms with E-state index < -0.39 is 42.0 Å². The van der Waals surface area contributed by atoms with Crippen molar-refractivity contribution in [3.8, 4) is 28.3 Å². The van der Waals surface area contributed by atoms with Crippen LogP contribution in [0.25, 0.3) is 33.3 Å². The normalized spacial score (nSPS) is 21.9. The van der Waals surface area contributed by atoms with Crippen LogP contribution in [0, 0.1) is 11.6 Å². The van der Waals surface area contributed by atoms with Crippen LogP contribution in [0.15, 0.2) is 67.3 Å². The molecular weight excluding hydrogens is 522 g/mol. The van der Waals surface area contributed by atoms with Gasteiger partial charge in [0.2, 0.25) is 0 Å². The first-order valence-electron chi connectivity index (χ1n) is 12.8. The van der Waals surface area contributed by atoms with Crippen LogP contribution in [0.2, 0.25) is 0 Å². The number of hydrogen-bond donors (Lipinski definition) is 1. The summed E-state index contributed by atoms with van der Waals surface area (Å²) in [5.41, 5.74) is 2.38. The zero-order valence-electron chi connectivity index (χ0n) is 21.6. The Morgan fingerprint density at radius 3 is 2.40 bits per heavy atom. The average Bonchev–Trinajstić information content (AvgIpc) is 3.65. The Bertz CT molecular complexity index is 1590. The summed E-state index contributed by atoms with van der Waals surface area (Å²) in [4.78, 5) is 16.1. The number of carbonyl (C=O) groups is 1. The molecule has 8 nitrogen and oxygen atoms in total. The molecule has 0 saturated carbocycles. The van der Waals surface area contributed by atoms with Gasteiger partial charge in [-0.05, 0) is 28.8 Å². The van der Waals surface area contributed by atoms with E-state index in [-0.39, 0.29) is 42.4 Å². The number of imidazole rings is 1. The number of esters is 1. The first kappa shape index (κ1) is 26.1. The van der Waals surface area contributed by atoms with E-state index in [2.05, 4.69) is 11.6 Å². The first-order valence-corrected chi connectivity index (χ1v) is 12.8. The summed E-state index contributed by atoms with van der Waals surface area (Å²) in [6.45, 7) is 4.26. The highest BCUT2D eigenvalue weighted by Gasteiger charge is 2.49. The van der Waals surface area contributed by atoms with E-state index in [0.717, 1.165) is 11.1 Å². The molecule has 206 valence electrons. The SMILES string of the molecule is C=CCn1c(O[C@H]2COC3C2OC[C@@H]3O)nc2c(F)c(-c3ccc(-c4ccc(C(=O)OC)cc4)cc3)c(F)cc21. The molecule has 2 fully saturated rings. The molecule has 0 radical (unpaired) electrons. The maximum Gasteiger partial charge on any atom is 0.337 e. The van der Waals surface area contributed by atoms with Crippen molar-refractivity contribution in [1.29, 1.82) is 0 Å². The van der Waals surface area contributed by atoms with E-state index in [1.54, 1.807) is 54.6 Å². The molecule has 2 aliphatic heterocycles. The third-order valence-corrected chi connectivity index (χ3v) is 7.26. The van der Waals surface area contributed by atoms with Gasteiger partial charge in [-0.2, -0.15) is 4.98 Å². The summed E-state index contributed by atoms with van der Waals surface area (Å²) in [6.07, 6.45) is -0.719. The number of aromatic nitrogens is 2. The van der Waals surface area contributed by atoms with E-state index >= 15 is 8.78 Å². The third kappa shape index (κ3) is 4.43. The van der Waals surface area contributed by atoms with Crippen molar-refractivity contribution in [1.82, 2.24) is 9.55 Å². The summed E-state index contributed by atoms with van der Waals surface area (Å²) in [6, 6.07) is 14.9. The number of nitrogens with zero attached hydrogens (tertiary/aromatic N) is 2. The van der Waals surface area contributed by atoms with Gasteiger partial charge in [0.05, 0.1) is 37.0 Å². The summed E-state index contributed by atoms with van der Waals surface area (Å²) in [5.74, 6) is -1.99. The number of methoxy groups -OCH3 is 1. The number of halogens is 2. The molecule has 4 aromatic rings. The predicted octanol–water partition coefficient (Wildman–Crippen LogP) is 4.53. The van der Waals surface area contributed by atoms with Crippen molar-refractivity contribution >= 4 is 17.0 Å². The molecule has 3 aromatic carbocycles. The lowest BCUT2D eigenvalue weighted by Crippen LogP contribution is -2.35. The molecule has 10 heteroatoms. The molecule has 0 aliphatic carbocycles. The second-order valence-electron chi connectivity index (χ2n) is 9.67. The summed E-state index contributed by atoms with van der Waals surface area (Å²) < 4.78 is 54.9. The van der Waals surface area contributed by atoms with Crippen LogP contribution >= 0.6 is 0 Å². The van der Waals surface area contributed by atoms with Crippen molar-refractivity contribution in [3.05, 3.63) is 84.5 Å². The van der Waals surface area contributed by atoms with Crippen LogP contribution in [-0.2, 0) is 20.8 Å². The number of benzene rings is 3. The zero-order valence-corrected chi connectivity index (χ0v) is 21.6. The average molecular weight is 549 g/mol. The minimum Gasteiger partial charge on any atom is -0.465 e. The maximum atomic E-state index is 15.9. The van der Waals surface area contributed by atoms with Gasteiger partial charge in [0, 0.05) is 12.6 Å². The van der Waals surface area contributed by atoms with Crippen molar-refractivity contribution in [2.75, 3.05) is 20.3 Å². The lowest BCUT2D eigenvalue weighted by atomic mass is 9.98. The van der Waals surface area contributed by atoms with Crippen LogP contribution in [0.3, 0.4) is 0 Å². The van der Waals surface area contributed by atoms with Crippen LogP contribution in [0.1, 0.15) is 10.4 Å². The zero-order chi connectivity index (χ0) is 28.0. The van der Waals surface area contributed by atoms with E-state index in [1.165, 1.54) is 17.7 Å². The Morgan fingerprint density at radius 1 is 1.07 bits per heavy atom. The maximum absolute atomic E-state index is 15.9. The monoisotopic (exact) mass is 548 g/mol. The van der Waals surface area contributed by atoms with Gasteiger partial charge in [-0.3, -0.25) is 4.57 Å². The molecule has 6 rings (SSSR count). The Balaban J connectivity index is 1.32. The minimum absolute atomic E-state index is 0.0430. The molecule has 2 unspecified atom stereocenters. The Morgan fingerprint density at radius 2 is 1.73 bits per heavy atom. The highest BCUT2D eigenvalue weighted by molar-refractivity contribution is 5.90. The fourth-order valence-corrected chi connectivity index (χ4v) is 5.25. The number of aliphatic hydroxyl groups is 1. The van der Waals surface area contributed by atoms with Crippen LogP contribution in [0.4, 0.5) is 8.78 Å². The highest BCUT2D eigenvalue weighted by atomic mass is 19.1.